The van der Waals surface area contributed by atoms with Gasteiger partial charge in [-0.3, -0.25) is 4.79 Å². The van der Waals surface area contributed by atoms with Gasteiger partial charge in [-0.2, -0.15) is 9.50 Å². The van der Waals surface area contributed by atoms with Crippen LogP contribution in [0, 0.1) is 0 Å². The highest BCUT2D eigenvalue weighted by Gasteiger charge is 2.13. The average Bonchev–Trinajstić information content (AvgIpc) is 3.45. The molecule has 0 bridgehead atoms. The Morgan fingerprint density at radius 2 is 1.84 bits per heavy atom. The number of furan rings is 1. The van der Waals surface area contributed by atoms with Gasteiger partial charge in [0.25, 0.3) is 5.56 Å². The summed E-state index contributed by atoms with van der Waals surface area (Å²) in [5.41, 5.74) is 1.09. The number of nitrogens with zero attached hydrogens (tertiary/aromatic N) is 3. The summed E-state index contributed by atoms with van der Waals surface area (Å²) in [6.07, 6.45) is 1.62. The minimum absolute atomic E-state index is 0.0159. The Labute approximate surface area is 190 Å². The van der Waals surface area contributed by atoms with Gasteiger partial charge in [0.15, 0.2) is 5.82 Å². The largest absolute Gasteiger partial charge is 0.457 e. The fourth-order valence-corrected chi connectivity index (χ4v) is 4.70. The van der Waals surface area contributed by atoms with Crippen molar-refractivity contribution in [3.05, 3.63) is 86.3 Å². The number of aromatic nitrogens is 3. The Bertz CT molecular complexity index is 1690. The number of sulfonamides is 1. The van der Waals surface area contributed by atoms with E-state index in [1.807, 2.05) is 6.07 Å². The molecule has 0 spiro atoms. The van der Waals surface area contributed by atoms with Crippen molar-refractivity contribution in [2.75, 3.05) is 0 Å². The SMILES string of the molecule is NS(=O)(=O)c1ccc(-c2ccc(C=c3sc4nc(-c5cccc(Cl)c5)nn4c3=O)o2)cc1. The number of thiazole rings is 1. The summed E-state index contributed by atoms with van der Waals surface area (Å²) in [6.45, 7) is 0. The van der Waals surface area contributed by atoms with Crippen molar-refractivity contribution in [3.63, 3.8) is 0 Å². The molecule has 0 saturated carbocycles. The predicted octanol–water partition coefficient (Wildman–Crippen LogP) is 2.93. The van der Waals surface area contributed by atoms with Gasteiger partial charge in [-0.1, -0.05) is 35.1 Å². The first-order valence-electron chi connectivity index (χ1n) is 9.18. The lowest BCUT2D eigenvalue weighted by molar-refractivity contribution is 0.571. The summed E-state index contributed by atoms with van der Waals surface area (Å²) in [5, 5.41) is 9.98. The van der Waals surface area contributed by atoms with Crippen LogP contribution in [0.15, 0.2) is 74.8 Å². The number of hydrogen-bond acceptors (Lipinski definition) is 7. The molecule has 3 heterocycles. The van der Waals surface area contributed by atoms with Crippen molar-refractivity contribution in [2.45, 2.75) is 4.90 Å². The third-order valence-electron chi connectivity index (χ3n) is 4.63. The summed E-state index contributed by atoms with van der Waals surface area (Å²) >= 11 is 7.21. The van der Waals surface area contributed by atoms with Crippen LogP contribution in [-0.2, 0) is 10.0 Å². The van der Waals surface area contributed by atoms with E-state index in [1.54, 1.807) is 48.5 Å². The summed E-state index contributed by atoms with van der Waals surface area (Å²) < 4.78 is 30.3. The molecule has 3 aromatic heterocycles. The van der Waals surface area contributed by atoms with Crippen molar-refractivity contribution in [3.8, 4) is 22.7 Å². The van der Waals surface area contributed by atoms with Gasteiger partial charge < -0.3 is 4.42 Å². The van der Waals surface area contributed by atoms with Crippen LogP contribution >= 0.6 is 22.9 Å². The lowest BCUT2D eigenvalue weighted by Gasteiger charge is -2.00. The maximum absolute atomic E-state index is 12.8. The second kappa shape index (κ2) is 7.68. The van der Waals surface area contributed by atoms with E-state index in [0.717, 1.165) is 5.56 Å². The van der Waals surface area contributed by atoms with Crippen LogP contribution in [-0.4, -0.2) is 23.0 Å². The summed E-state index contributed by atoms with van der Waals surface area (Å²) in [7, 11) is -3.76. The van der Waals surface area contributed by atoms with E-state index < -0.39 is 10.0 Å². The molecule has 0 aliphatic heterocycles. The average molecular weight is 485 g/mol. The van der Waals surface area contributed by atoms with Crippen LogP contribution < -0.4 is 15.2 Å². The van der Waals surface area contributed by atoms with Crippen LogP contribution in [0.1, 0.15) is 5.76 Å². The quantitative estimate of drug-likeness (QED) is 0.418. The Balaban J connectivity index is 1.47. The van der Waals surface area contributed by atoms with Crippen molar-refractivity contribution >= 4 is 44.0 Å². The maximum atomic E-state index is 12.8. The lowest BCUT2D eigenvalue weighted by Crippen LogP contribution is -2.23. The second-order valence-electron chi connectivity index (χ2n) is 6.83. The van der Waals surface area contributed by atoms with Crippen molar-refractivity contribution in [1.82, 2.24) is 14.6 Å². The van der Waals surface area contributed by atoms with Gasteiger partial charge >= 0.3 is 0 Å². The zero-order valence-corrected chi connectivity index (χ0v) is 18.5. The van der Waals surface area contributed by atoms with E-state index in [-0.39, 0.29) is 10.5 Å². The lowest BCUT2D eigenvalue weighted by atomic mass is 10.2. The van der Waals surface area contributed by atoms with Crippen LogP contribution in [0.4, 0.5) is 0 Å². The summed E-state index contributed by atoms with van der Waals surface area (Å²) in [6, 6.07) is 16.6. The van der Waals surface area contributed by atoms with E-state index in [0.29, 0.717) is 37.4 Å². The second-order valence-corrected chi connectivity index (χ2v) is 9.83. The van der Waals surface area contributed by atoms with Gasteiger partial charge in [-0.15, -0.1) is 5.10 Å². The topological polar surface area (TPSA) is 121 Å². The molecule has 0 atom stereocenters. The Kier molecular flexibility index (Phi) is 4.94. The zero-order chi connectivity index (χ0) is 22.5. The zero-order valence-electron chi connectivity index (χ0n) is 16.1. The Morgan fingerprint density at radius 1 is 1.06 bits per heavy atom. The molecule has 160 valence electrons. The predicted molar refractivity (Wildman–Crippen MR) is 122 cm³/mol. The molecule has 0 fully saturated rings. The first-order valence-corrected chi connectivity index (χ1v) is 11.9. The van der Waals surface area contributed by atoms with Crippen LogP contribution in [0.3, 0.4) is 0 Å². The van der Waals surface area contributed by atoms with Gasteiger partial charge in [0, 0.05) is 22.2 Å². The van der Waals surface area contributed by atoms with Crippen LogP contribution in [0.5, 0.6) is 0 Å². The molecule has 2 aromatic carbocycles. The number of primary sulfonamides is 1. The highest BCUT2D eigenvalue weighted by atomic mass is 35.5. The Morgan fingerprint density at radius 3 is 2.53 bits per heavy atom. The molecule has 0 radical (unpaired) electrons. The van der Waals surface area contributed by atoms with E-state index in [4.69, 9.17) is 21.2 Å². The molecule has 0 saturated heterocycles. The number of halogens is 1. The fourth-order valence-electron chi connectivity index (χ4n) is 3.11. The van der Waals surface area contributed by atoms with Crippen molar-refractivity contribution in [1.29, 1.82) is 0 Å². The molecular weight excluding hydrogens is 472 g/mol. The number of benzene rings is 2. The third kappa shape index (κ3) is 3.84. The first kappa shape index (κ1) is 20.6. The van der Waals surface area contributed by atoms with Crippen molar-refractivity contribution in [2.24, 2.45) is 5.14 Å². The number of rotatable bonds is 4. The molecule has 32 heavy (non-hydrogen) atoms. The number of fused-ring (bicyclic) bond motifs is 1. The smallest absolute Gasteiger partial charge is 0.291 e. The monoisotopic (exact) mass is 484 g/mol. The van der Waals surface area contributed by atoms with Crippen LogP contribution in [0.25, 0.3) is 33.7 Å². The molecule has 0 aliphatic carbocycles. The minimum Gasteiger partial charge on any atom is -0.457 e. The molecule has 0 amide bonds. The van der Waals surface area contributed by atoms with Gasteiger partial charge in [-0.05, 0) is 48.5 Å². The molecule has 2 N–H and O–H groups in total. The number of hydrogen-bond donors (Lipinski definition) is 1. The van der Waals surface area contributed by atoms with Gasteiger partial charge in [0.1, 0.15) is 16.1 Å². The molecule has 11 heteroatoms. The highest BCUT2D eigenvalue weighted by molar-refractivity contribution is 7.89. The highest BCUT2D eigenvalue weighted by Crippen LogP contribution is 2.24. The van der Waals surface area contributed by atoms with Crippen molar-refractivity contribution < 1.29 is 12.8 Å². The molecule has 0 aliphatic rings. The van der Waals surface area contributed by atoms with Gasteiger partial charge in [0.05, 0.1) is 4.90 Å². The minimum atomic E-state index is -3.76. The Hall–Kier alpha value is -3.31. The first-order chi connectivity index (χ1) is 15.3. The summed E-state index contributed by atoms with van der Waals surface area (Å²) in [5.74, 6) is 1.41. The summed E-state index contributed by atoms with van der Waals surface area (Å²) in [4.78, 5) is 17.7. The molecule has 5 rings (SSSR count). The maximum Gasteiger partial charge on any atom is 0.291 e. The molecule has 0 unspecified atom stereocenters. The standard InChI is InChI=1S/C21H13ClN4O4S2/c22-14-3-1-2-13(10-14)19-24-21-26(25-19)20(27)18(31-21)11-15-6-9-17(30-15)12-4-7-16(8-5-12)32(23,28)29/h1-11H,(H2,23,28,29). The molecule has 5 aromatic rings. The van der Waals surface area contributed by atoms with Gasteiger partial charge in [0.2, 0.25) is 15.0 Å². The third-order valence-corrected chi connectivity index (χ3v) is 6.76. The molecule has 8 nitrogen and oxygen atoms in total. The fraction of sp³-hybridized carbons (Fsp3) is 0. The van der Waals surface area contributed by atoms with E-state index >= 15 is 0 Å². The normalized spacial score (nSPS) is 12.6. The van der Waals surface area contributed by atoms with E-state index in [9.17, 15) is 13.2 Å². The molecular formula is C21H13ClN4O4S2. The van der Waals surface area contributed by atoms with Crippen LogP contribution in [0.2, 0.25) is 5.02 Å². The van der Waals surface area contributed by atoms with Gasteiger partial charge in [-0.25, -0.2) is 13.6 Å². The number of nitrogens with two attached hydrogens (primary N) is 1. The van der Waals surface area contributed by atoms with E-state index in [2.05, 4.69) is 10.1 Å². The van der Waals surface area contributed by atoms with E-state index in [1.165, 1.54) is 28.0 Å².